The number of nitrogens with one attached hydrogen (secondary N) is 1. The van der Waals surface area contributed by atoms with Crippen molar-refractivity contribution in [3.63, 3.8) is 0 Å². The Hall–Kier alpha value is -3.98. The van der Waals surface area contributed by atoms with Crippen molar-refractivity contribution in [3.8, 4) is 23.0 Å². The minimum Gasteiger partial charge on any atom is -0.456 e. The smallest absolute Gasteiger partial charge is 0.136 e. The van der Waals surface area contributed by atoms with E-state index in [1.165, 1.54) is 0 Å². The maximum atomic E-state index is 6.30. The van der Waals surface area contributed by atoms with Crippen LogP contribution in [0.3, 0.4) is 0 Å². The summed E-state index contributed by atoms with van der Waals surface area (Å²) in [5, 5.41) is 5.43. The monoisotopic (exact) mass is 375 g/mol. The van der Waals surface area contributed by atoms with Crippen molar-refractivity contribution >= 4 is 11.6 Å². The standard InChI is InChI=1S/C26H17NO2/c1-2-10-21(27-13-7-1)26-19-9-4-6-12-23(19)29-25-15-18-14-17-8-3-5-11-22(17)28-24(18)16-20(25)26/h1-16,27H. The third-order valence-electron chi connectivity index (χ3n) is 5.30. The molecule has 3 nitrogen and oxygen atoms in total. The van der Waals surface area contributed by atoms with E-state index in [0.29, 0.717) is 0 Å². The van der Waals surface area contributed by atoms with Gasteiger partial charge in [0.2, 0.25) is 0 Å². The predicted octanol–water partition coefficient (Wildman–Crippen LogP) is 4.48. The number of benzene rings is 3. The summed E-state index contributed by atoms with van der Waals surface area (Å²) in [5.74, 6) is 3.39. The van der Waals surface area contributed by atoms with Crippen molar-refractivity contribution in [2.45, 2.75) is 0 Å². The quantitative estimate of drug-likeness (QED) is 0.532. The summed E-state index contributed by atoms with van der Waals surface area (Å²) in [6.45, 7) is 0. The summed E-state index contributed by atoms with van der Waals surface area (Å²) in [5.41, 5.74) is 4.25. The number of para-hydroxylation sites is 2. The van der Waals surface area contributed by atoms with Crippen molar-refractivity contribution in [1.29, 1.82) is 0 Å². The molecule has 0 amide bonds. The van der Waals surface area contributed by atoms with Crippen molar-refractivity contribution in [2.75, 3.05) is 0 Å². The van der Waals surface area contributed by atoms with Crippen LogP contribution in [-0.2, 0) is 0 Å². The molecule has 3 aliphatic heterocycles. The van der Waals surface area contributed by atoms with E-state index in [9.17, 15) is 0 Å². The Kier molecular flexibility index (Phi) is 3.47. The molecule has 3 aromatic rings. The Labute approximate surface area is 168 Å². The average molecular weight is 375 g/mol. The molecule has 3 heterocycles. The largest absolute Gasteiger partial charge is 0.456 e. The minimum atomic E-state index is 0.830. The molecule has 0 saturated heterocycles. The molecule has 0 saturated carbocycles. The fourth-order valence-corrected chi connectivity index (χ4v) is 3.96. The lowest BCUT2D eigenvalue weighted by molar-refractivity contribution is 0.455. The molecule has 0 radical (unpaired) electrons. The molecular weight excluding hydrogens is 358 g/mol. The van der Waals surface area contributed by atoms with Gasteiger partial charge in [-0.3, -0.25) is 0 Å². The molecule has 0 aliphatic carbocycles. The number of rotatable bonds is 1. The molecule has 6 rings (SSSR count). The Morgan fingerprint density at radius 2 is 1.52 bits per heavy atom. The van der Waals surface area contributed by atoms with E-state index in [4.69, 9.17) is 9.47 Å². The third kappa shape index (κ3) is 2.59. The van der Waals surface area contributed by atoms with Gasteiger partial charge >= 0.3 is 0 Å². The normalized spacial score (nSPS) is 15.2. The van der Waals surface area contributed by atoms with Gasteiger partial charge in [-0.05, 0) is 42.5 Å². The van der Waals surface area contributed by atoms with Crippen LogP contribution in [0.15, 0.2) is 96.9 Å². The minimum absolute atomic E-state index is 0.830. The summed E-state index contributed by atoms with van der Waals surface area (Å²) < 4.78 is 12.5. The second-order valence-electron chi connectivity index (χ2n) is 7.11. The van der Waals surface area contributed by atoms with E-state index < -0.39 is 0 Å². The second kappa shape index (κ2) is 6.28. The zero-order valence-corrected chi connectivity index (χ0v) is 15.6. The summed E-state index contributed by atoms with van der Waals surface area (Å²) in [4.78, 5) is 0. The van der Waals surface area contributed by atoms with Gasteiger partial charge < -0.3 is 14.8 Å². The van der Waals surface area contributed by atoms with Crippen LogP contribution in [0.25, 0.3) is 11.6 Å². The van der Waals surface area contributed by atoms with Gasteiger partial charge in [0, 0.05) is 39.0 Å². The van der Waals surface area contributed by atoms with Gasteiger partial charge in [-0.2, -0.15) is 0 Å². The van der Waals surface area contributed by atoms with Crippen LogP contribution < -0.4 is 25.2 Å². The highest BCUT2D eigenvalue weighted by atomic mass is 16.5. The van der Waals surface area contributed by atoms with Gasteiger partial charge in [0.1, 0.15) is 23.0 Å². The molecule has 3 aliphatic rings. The second-order valence-corrected chi connectivity index (χ2v) is 7.11. The van der Waals surface area contributed by atoms with Crippen LogP contribution in [0.5, 0.6) is 23.0 Å². The van der Waals surface area contributed by atoms with E-state index in [2.05, 4.69) is 41.7 Å². The highest BCUT2D eigenvalue weighted by molar-refractivity contribution is 5.85. The lowest BCUT2D eigenvalue weighted by Gasteiger charge is -2.24. The van der Waals surface area contributed by atoms with Gasteiger partial charge in [0.25, 0.3) is 0 Å². The summed E-state index contributed by atoms with van der Waals surface area (Å²) in [7, 11) is 0. The lowest BCUT2D eigenvalue weighted by Crippen LogP contribution is -2.24. The van der Waals surface area contributed by atoms with Crippen molar-refractivity contribution in [2.24, 2.45) is 0 Å². The fourth-order valence-electron chi connectivity index (χ4n) is 3.96. The molecule has 0 bridgehead atoms. The molecule has 0 aromatic heterocycles. The summed E-state index contributed by atoms with van der Waals surface area (Å²) in [6, 6.07) is 20.4. The highest BCUT2D eigenvalue weighted by Gasteiger charge is 2.23. The zero-order valence-electron chi connectivity index (χ0n) is 15.6. The lowest BCUT2D eigenvalue weighted by atomic mass is 9.95. The molecule has 0 atom stereocenters. The van der Waals surface area contributed by atoms with Crippen molar-refractivity contribution in [1.82, 2.24) is 5.32 Å². The highest BCUT2D eigenvalue weighted by Crippen LogP contribution is 2.36. The molecule has 29 heavy (non-hydrogen) atoms. The topological polar surface area (TPSA) is 30.5 Å². The van der Waals surface area contributed by atoms with E-state index in [-0.39, 0.29) is 0 Å². The fraction of sp³-hybridized carbons (Fsp3) is 0. The first kappa shape index (κ1) is 16.0. The number of fused-ring (bicyclic) bond motifs is 4. The van der Waals surface area contributed by atoms with E-state index >= 15 is 0 Å². The number of hydrogen-bond acceptors (Lipinski definition) is 3. The molecule has 0 fully saturated rings. The van der Waals surface area contributed by atoms with E-state index in [0.717, 1.165) is 55.8 Å². The Morgan fingerprint density at radius 3 is 2.48 bits per heavy atom. The molecule has 0 spiro atoms. The third-order valence-corrected chi connectivity index (χ3v) is 5.30. The number of ether oxygens (including phenoxy) is 2. The van der Waals surface area contributed by atoms with Crippen molar-refractivity contribution < 1.29 is 9.47 Å². The Balaban J connectivity index is 1.67. The van der Waals surface area contributed by atoms with Gasteiger partial charge in [-0.15, -0.1) is 0 Å². The first-order valence-corrected chi connectivity index (χ1v) is 9.61. The molecule has 3 aromatic carbocycles. The molecule has 0 unspecified atom stereocenters. The molecule has 3 heteroatoms. The molecular formula is C26H17NO2. The van der Waals surface area contributed by atoms with Gasteiger partial charge in [0.05, 0.1) is 0 Å². The predicted molar refractivity (Wildman–Crippen MR) is 114 cm³/mol. The maximum Gasteiger partial charge on any atom is 0.136 e. The zero-order chi connectivity index (χ0) is 19.2. The first-order chi connectivity index (χ1) is 14.4. The van der Waals surface area contributed by atoms with Crippen LogP contribution in [0, 0.1) is 0 Å². The van der Waals surface area contributed by atoms with Crippen LogP contribution >= 0.6 is 0 Å². The molecule has 1 N–H and O–H groups in total. The number of hydrogen-bond donors (Lipinski definition) is 1. The van der Waals surface area contributed by atoms with Gasteiger partial charge in [-0.1, -0.05) is 48.6 Å². The summed E-state index contributed by atoms with van der Waals surface area (Å²) >= 11 is 0. The SMILES string of the molecule is C1=CC=C(C2=c3cc4c(cc3Oc3ccccc32)=Cc2ccccc2O4)NC=C1. The Bertz CT molecular complexity index is 1380. The number of allylic oxidation sites excluding steroid dienone is 5. The van der Waals surface area contributed by atoms with Crippen LogP contribution in [0.4, 0.5) is 0 Å². The van der Waals surface area contributed by atoms with Gasteiger partial charge in [0.15, 0.2) is 0 Å². The average Bonchev–Trinajstić information content (AvgIpc) is 3.04. The van der Waals surface area contributed by atoms with Crippen LogP contribution in [-0.4, -0.2) is 0 Å². The van der Waals surface area contributed by atoms with Crippen molar-refractivity contribution in [3.05, 3.63) is 118 Å². The van der Waals surface area contributed by atoms with Crippen LogP contribution in [0.1, 0.15) is 11.1 Å². The van der Waals surface area contributed by atoms with Gasteiger partial charge in [-0.25, -0.2) is 0 Å². The maximum absolute atomic E-state index is 6.30. The van der Waals surface area contributed by atoms with E-state index in [1.54, 1.807) is 0 Å². The summed E-state index contributed by atoms with van der Waals surface area (Å²) in [6.07, 6.45) is 12.2. The first-order valence-electron chi connectivity index (χ1n) is 9.61. The molecule has 138 valence electrons. The van der Waals surface area contributed by atoms with Crippen LogP contribution in [0.2, 0.25) is 0 Å². The van der Waals surface area contributed by atoms with E-state index in [1.807, 2.05) is 60.8 Å². The Morgan fingerprint density at radius 1 is 0.690 bits per heavy atom.